The Labute approximate surface area is 130 Å². The van der Waals surface area contributed by atoms with Crippen LogP contribution in [0.25, 0.3) is 0 Å². The molecular weight excluding hydrogens is 286 g/mol. The number of thioether (sulfide) groups is 1. The lowest BCUT2D eigenvalue weighted by Crippen LogP contribution is -2.15. The molecule has 0 unspecified atom stereocenters. The molecule has 1 aliphatic carbocycles. The van der Waals surface area contributed by atoms with Crippen LogP contribution in [0.1, 0.15) is 51.8 Å². The van der Waals surface area contributed by atoms with E-state index in [1.54, 1.807) is 0 Å². The molecule has 5 nitrogen and oxygen atoms in total. The predicted molar refractivity (Wildman–Crippen MR) is 83.5 cm³/mol. The molecule has 21 heavy (non-hydrogen) atoms. The van der Waals surface area contributed by atoms with Gasteiger partial charge in [-0.3, -0.25) is 4.79 Å². The zero-order valence-electron chi connectivity index (χ0n) is 12.9. The Bertz CT molecular complexity index is 467. The number of carboxylic acids is 1. The Morgan fingerprint density at radius 2 is 2.05 bits per heavy atom. The van der Waals surface area contributed by atoms with E-state index in [0.717, 1.165) is 42.2 Å². The van der Waals surface area contributed by atoms with Crippen molar-refractivity contribution >= 4 is 17.7 Å². The number of carbonyl (C=O) groups is 1. The van der Waals surface area contributed by atoms with Gasteiger partial charge in [-0.2, -0.15) is 0 Å². The summed E-state index contributed by atoms with van der Waals surface area (Å²) in [6.45, 7) is 5.32. The molecule has 1 fully saturated rings. The molecular formula is C15H25N3O2S. The van der Waals surface area contributed by atoms with E-state index in [1.807, 2.05) is 0 Å². The summed E-state index contributed by atoms with van der Waals surface area (Å²) < 4.78 is 2.12. The van der Waals surface area contributed by atoms with E-state index >= 15 is 0 Å². The Morgan fingerprint density at radius 3 is 2.67 bits per heavy atom. The fraction of sp³-hybridized carbons (Fsp3) is 0.800. The highest BCUT2D eigenvalue weighted by molar-refractivity contribution is 7.99. The molecule has 1 N–H and O–H groups in total. The maximum Gasteiger partial charge on any atom is 0.313 e. The van der Waals surface area contributed by atoms with Crippen molar-refractivity contribution < 1.29 is 9.90 Å². The number of carboxylic acid groups (broad SMARTS) is 1. The highest BCUT2D eigenvalue weighted by atomic mass is 32.2. The van der Waals surface area contributed by atoms with Crippen molar-refractivity contribution in [2.45, 2.75) is 64.1 Å². The molecule has 1 aromatic rings. The predicted octanol–water partition coefficient (Wildman–Crippen LogP) is 3.23. The van der Waals surface area contributed by atoms with Gasteiger partial charge in [0.05, 0.1) is 5.75 Å². The number of hydrogen-bond donors (Lipinski definition) is 1. The summed E-state index contributed by atoms with van der Waals surface area (Å²) >= 11 is 1.27. The number of nitrogens with zero attached hydrogens (tertiary/aromatic N) is 3. The number of aromatic nitrogens is 3. The lowest BCUT2D eigenvalue weighted by Gasteiger charge is -2.26. The van der Waals surface area contributed by atoms with Crippen molar-refractivity contribution in [3.8, 4) is 0 Å². The molecule has 118 valence electrons. The van der Waals surface area contributed by atoms with Crippen molar-refractivity contribution in [1.82, 2.24) is 14.8 Å². The molecule has 0 bridgehead atoms. The average Bonchev–Trinajstić information content (AvgIpc) is 2.86. The van der Waals surface area contributed by atoms with Gasteiger partial charge in [0.2, 0.25) is 0 Å². The smallest absolute Gasteiger partial charge is 0.313 e. The molecule has 1 saturated carbocycles. The molecule has 1 heterocycles. The molecule has 2 rings (SSSR count). The Kier molecular flexibility index (Phi) is 6.08. The van der Waals surface area contributed by atoms with Crippen LogP contribution in [-0.4, -0.2) is 31.6 Å². The van der Waals surface area contributed by atoms with E-state index in [2.05, 4.69) is 28.6 Å². The number of aryl methyl sites for hydroxylation is 1. The lowest BCUT2D eigenvalue weighted by molar-refractivity contribution is -0.133. The minimum Gasteiger partial charge on any atom is -0.481 e. The van der Waals surface area contributed by atoms with Crippen LogP contribution in [0.2, 0.25) is 0 Å². The summed E-state index contributed by atoms with van der Waals surface area (Å²) in [6, 6.07) is 0. The molecule has 0 amide bonds. The first kappa shape index (κ1) is 16.3. The van der Waals surface area contributed by atoms with Gasteiger partial charge in [-0.05, 0) is 18.3 Å². The molecule has 6 heteroatoms. The zero-order chi connectivity index (χ0) is 15.2. The minimum atomic E-state index is -0.811. The maximum atomic E-state index is 10.7. The van der Waals surface area contributed by atoms with Crippen LogP contribution in [0.3, 0.4) is 0 Å². The average molecular weight is 311 g/mol. The third kappa shape index (κ3) is 4.73. The lowest BCUT2D eigenvalue weighted by atomic mass is 9.81. The highest BCUT2D eigenvalue weighted by Gasteiger charge is 2.19. The van der Waals surface area contributed by atoms with Gasteiger partial charge in [0.25, 0.3) is 0 Å². The van der Waals surface area contributed by atoms with Crippen LogP contribution < -0.4 is 0 Å². The van der Waals surface area contributed by atoms with E-state index in [4.69, 9.17) is 5.11 Å². The molecule has 1 aromatic heterocycles. The van der Waals surface area contributed by atoms with Crippen LogP contribution >= 0.6 is 11.8 Å². The van der Waals surface area contributed by atoms with Crippen LogP contribution in [0.4, 0.5) is 0 Å². The van der Waals surface area contributed by atoms with Gasteiger partial charge < -0.3 is 9.67 Å². The molecule has 0 aromatic carbocycles. The molecule has 0 spiro atoms. The van der Waals surface area contributed by atoms with Crippen molar-refractivity contribution in [3.63, 3.8) is 0 Å². The zero-order valence-corrected chi connectivity index (χ0v) is 13.7. The largest absolute Gasteiger partial charge is 0.481 e. The topological polar surface area (TPSA) is 68.0 Å². The van der Waals surface area contributed by atoms with Gasteiger partial charge in [0, 0.05) is 13.0 Å². The van der Waals surface area contributed by atoms with E-state index in [1.165, 1.54) is 37.4 Å². The molecule has 0 aliphatic heterocycles. The second-order valence-electron chi connectivity index (χ2n) is 6.00. The summed E-state index contributed by atoms with van der Waals surface area (Å²) in [6.07, 6.45) is 7.31. The standard InChI is InChI=1S/C15H25N3O2S/c1-3-13-16-17-15(21-10-14(19)20)18(13)9-8-12-6-4-11(2)5-7-12/h11-12H,3-10H2,1-2H3,(H,19,20). The molecule has 0 radical (unpaired) electrons. The van der Waals surface area contributed by atoms with Gasteiger partial charge in [0.15, 0.2) is 5.16 Å². The van der Waals surface area contributed by atoms with Gasteiger partial charge in [0.1, 0.15) is 5.82 Å². The first-order valence-electron chi connectivity index (χ1n) is 7.86. The van der Waals surface area contributed by atoms with Gasteiger partial charge in [-0.15, -0.1) is 10.2 Å². The van der Waals surface area contributed by atoms with E-state index in [-0.39, 0.29) is 5.75 Å². The normalized spacial score (nSPS) is 22.4. The quantitative estimate of drug-likeness (QED) is 0.783. The number of rotatable bonds is 7. The summed E-state index contributed by atoms with van der Waals surface area (Å²) in [7, 11) is 0. The van der Waals surface area contributed by atoms with E-state index in [9.17, 15) is 4.79 Å². The first-order chi connectivity index (χ1) is 10.1. The monoisotopic (exact) mass is 311 g/mol. The summed E-state index contributed by atoms with van der Waals surface area (Å²) in [5.74, 6) is 1.87. The second-order valence-corrected chi connectivity index (χ2v) is 6.94. The Hall–Kier alpha value is -1.04. The minimum absolute atomic E-state index is 0.0444. The Morgan fingerprint density at radius 1 is 1.33 bits per heavy atom. The van der Waals surface area contributed by atoms with Crippen LogP contribution in [0.15, 0.2) is 5.16 Å². The van der Waals surface area contributed by atoms with E-state index < -0.39 is 5.97 Å². The number of hydrogen-bond acceptors (Lipinski definition) is 4. The maximum absolute atomic E-state index is 10.7. The summed E-state index contributed by atoms with van der Waals surface area (Å²) in [5.41, 5.74) is 0. The van der Waals surface area contributed by atoms with E-state index in [0.29, 0.717) is 0 Å². The fourth-order valence-corrected chi connectivity index (χ4v) is 3.67. The Balaban J connectivity index is 1.93. The SMILES string of the molecule is CCc1nnc(SCC(=O)O)n1CCC1CCC(C)CC1. The van der Waals surface area contributed by atoms with Gasteiger partial charge in [-0.25, -0.2) is 0 Å². The van der Waals surface area contributed by atoms with Crippen LogP contribution in [0, 0.1) is 11.8 Å². The third-order valence-corrected chi connectivity index (χ3v) is 5.28. The number of aliphatic carboxylic acids is 1. The van der Waals surface area contributed by atoms with Crippen molar-refractivity contribution in [1.29, 1.82) is 0 Å². The molecule has 0 saturated heterocycles. The van der Waals surface area contributed by atoms with Crippen molar-refractivity contribution in [2.75, 3.05) is 5.75 Å². The summed E-state index contributed by atoms with van der Waals surface area (Å²) in [5, 5.41) is 17.9. The highest BCUT2D eigenvalue weighted by Crippen LogP contribution is 2.31. The van der Waals surface area contributed by atoms with Gasteiger partial charge >= 0.3 is 5.97 Å². The van der Waals surface area contributed by atoms with Crippen molar-refractivity contribution in [3.05, 3.63) is 5.82 Å². The fourth-order valence-electron chi connectivity index (χ4n) is 2.97. The second kappa shape index (κ2) is 7.82. The first-order valence-corrected chi connectivity index (χ1v) is 8.85. The summed E-state index contributed by atoms with van der Waals surface area (Å²) in [4.78, 5) is 10.7. The van der Waals surface area contributed by atoms with Crippen LogP contribution in [-0.2, 0) is 17.8 Å². The van der Waals surface area contributed by atoms with Crippen molar-refractivity contribution in [2.24, 2.45) is 11.8 Å². The van der Waals surface area contributed by atoms with Crippen LogP contribution in [0.5, 0.6) is 0 Å². The molecule has 1 aliphatic rings. The van der Waals surface area contributed by atoms with Gasteiger partial charge in [-0.1, -0.05) is 51.3 Å². The third-order valence-electron chi connectivity index (χ3n) is 4.33. The molecule has 0 atom stereocenters.